The lowest BCUT2D eigenvalue weighted by Crippen LogP contribution is -2.45. The molecule has 4 nitrogen and oxygen atoms in total. The Morgan fingerprint density at radius 3 is 2.61 bits per heavy atom. The van der Waals surface area contributed by atoms with Gasteiger partial charge in [0.2, 0.25) is 5.91 Å². The van der Waals surface area contributed by atoms with E-state index < -0.39 is 0 Å². The standard InChI is InChI=1S/C14H29N3O/c1-4-11(2)13(15)14(18)16-8-5-12-6-9-17(3)10-7-12/h11-13H,4-10,15H2,1-3H3,(H,16,18). The second-order valence-electron chi connectivity index (χ2n) is 5.74. The van der Waals surface area contributed by atoms with Crippen molar-refractivity contribution in [3.63, 3.8) is 0 Å². The second-order valence-corrected chi connectivity index (χ2v) is 5.74. The average Bonchev–Trinajstić information content (AvgIpc) is 2.39. The van der Waals surface area contributed by atoms with Gasteiger partial charge in [0.1, 0.15) is 0 Å². The maximum absolute atomic E-state index is 11.8. The normalized spacial score (nSPS) is 21.6. The molecule has 1 amide bonds. The number of carbonyl (C=O) groups is 1. The molecule has 2 unspecified atom stereocenters. The van der Waals surface area contributed by atoms with E-state index in [1.807, 2.05) is 6.92 Å². The first-order valence-corrected chi connectivity index (χ1v) is 7.26. The Morgan fingerprint density at radius 2 is 2.06 bits per heavy atom. The largest absolute Gasteiger partial charge is 0.355 e. The number of nitrogens with one attached hydrogen (secondary N) is 1. The zero-order valence-electron chi connectivity index (χ0n) is 12.1. The fourth-order valence-corrected chi connectivity index (χ4v) is 2.38. The topological polar surface area (TPSA) is 58.4 Å². The van der Waals surface area contributed by atoms with Crippen LogP contribution >= 0.6 is 0 Å². The predicted molar refractivity (Wildman–Crippen MR) is 75.3 cm³/mol. The van der Waals surface area contributed by atoms with E-state index in [1.165, 1.54) is 25.9 Å². The van der Waals surface area contributed by atoms with E-state index in [0.29, 0.717) is 0 Å². The zero-order valence-corrected chi connectivity index (χ0v) is 12.1. The Bertz CT molecular complexity index is 249. The first-order valence-electron chi connectivity index (χ1n) is 7.26. The summed E-state index contributed by atoms with van der Waals surface area (Å²) < 4.78 is 0. The van der Waals surface area contributed by atoms with Crippen molar-refractivity contribution in [2.24, 2.45) is 17.6 Å². The van der Waals surface area contributed by atoms with E-state index in [1.54, 1.807) is 0 Å². The molecule has 2 atom stereocenters. The van der Waals surface area contributed by atoms with Crippen molar-refractivity contribution < 1.29 is 4.79 Å². The monoisotopic (exact) mass is 255 g/mol. The molecular weight excluding hydrogens is 226 g/mol. The van der Waals surface area contributed by atoms with E-state index in [-0.39, 0.29) is 17.9 Å². The molecule has 1 heterocycles. The van der Waals surface area contributed by atoms with Crippen molar-refractivity contribution in [2.45, 2.75) is 45.6 Å². The maximum atomic E-state index is 11.8. The van der Waals surface area contributed by atoms with Gasteiger partial charge in [0.25, 0.3) is 0 Å². The molecule has 0 saturated carbocycles. The summed E-state index contributed by atoms with van der Waals surface area (Å²) in [5.74, 6) is 1.03. The minimum Gasteiger partial charge on any atom is -0.355 e. The second kappa shape index (κ2) is 7.74. The highest BCUT2D eigenvalue weighted by molar-refractivity contribution is 5.81. The first kappa shape index (κ1) is 15.4. The smallest absolute Gasteiger partial charge is 0.237 e. The van der Waals surface area contributed by atoms with Gasteiger partial charge in [-0.3, -0.25) is 4.79 Å². The molecule has 1 aliphatic rings. The Labute approximate surface area is 111 Å². The van der Waals surface area contributed by atoms with E-state index in [2.05, 4.69) is 24.2 Å². The maximum Gasteiger partial charge on any atom is 0.237 e. The van der Waals surface area contributed by atoms with Crippen molar-refractivity contribution in [3.8, 4) is 0 Å². The van der Waals surface area contributed by atoms with Crippen molar-refractivity contribution in [1.29, 1.82) is 0 Å². The summed E-state index contributed by atoms with van der Waals surface area (Å²) in [4.78, 5) is 14.2. The number of rotatable bonds is 6. The van der Waals surface area contributed by atoms with Crippen LogP contribution in [-0.4, -0.2) is 43.5 Å². The van der Waals surface area contributed by atoms with Crippen LogP contribution in [-0.2, 0) is 4.79 Å². The Balaban J connectivity index is 2.15. The van der Waals surface area contributed by atoms with Gasteiger partial charge >= 0.3 is 0 Å². The molecule has 0 aromatic carbocycles. The molecule has 1 rings (SSSR count). The van der Waals surface area contributed by atoms with Crippen molar-refractivity contribution >= 4 is 5.91 Å². The molecule has 1 aliphatic heterocycles. The summed E-state index contributed by atoms with van der Waals surface area (Å²) in [5, 5.41) is 2.98. The lowest BCUT2D eigenvalue weighted by atomic mass is 9.93. The summed E-state index contributed by atoms with van der Waals surface area (Å²) in [6.45, 7) is 7.24. The van der Waals surface area contributed by atoms with Crippen LogP contribution in [0.25, 0.3) is 0 Å². The minimum atomic E-state index is -0.354. The minimum absolute atomic E-state index is 0.0114. The van der Waals surface area contributed by atoms with Gasteiger partial charge in [0, 0.05) is 6.54 Å². The summed E-state index contributed by atoms with van der Waals surface area (Å²) >= 11 is 0. The van der Waals surface area contributed by atoms with Crippen LogP contribution in [0.4, 0.5) is 0 Å². The van der Waals surface area contributed by atoms with E-state index >= 15 is 0 Å². The quantitative estimate of drug-likeness (QED) is 0.750. The van der Waals surface area contributed by atoms with Crippen molar-refractivity contribution in [3.05, 3.63) is 0 Å². The number of amides is 1. The third kappa shape index (κ3) is 4.94. The molecule has 1 saturated heterocycles. The SMILES string of the molecule is CCC(C)C(N)C(=O)NCCC1CCN(C)CC1. The van der Waals surface area contributed by atoms with E-state index in [4.69, 9.17) is 5.73 Å². The fraction of sp³-hybridized carbons (Fsp3) is 0.929. The number of carbonyl (C=O) groups excluding carboxylic acids is 1. The number of hydrogen-bond acceptors (Lipinski definition) is 3. The van der Waals surface area contributed by atoms with Gasteiger partial charge in [0.15, 0.2) is 0 Å². The molecule has 0 aromatic heterocycles. The lowest BCUT2D eigenvalue weighted by Gasteiger charge is -2.29. The molecule has 0 bridgehead atoms. The van der Waals surface area contributed by atoms with Crippen LogP contribution < -0.4 is 11.1 Å². The molecule has 0 radical (unpaired) electrons. The predicted octanol–water partition coefficient (Wildman–Crippen LogP) is 1.21. The molecule has 4 heteroatoms. The van der Waals surface area contributed by atoms with Gasteiger partial charge in [-0.05, 0) is 51.2 Å². The number of nitrogens with two attached hydrogens (primary N) is 1. The summed E-state index contributed by atoms with van der Waals surface area (Å²) in [6.07, 6.45) is 4.55. The van der Waals surface area contributed by atoms with Gasteiger partial charge < -0.3 is 16.0 Å². The van der Waals surface area contributed by atoms with Gasteiger partial charge in [-0.15, -0.1) is 0 Å². The highest BCUT2D eigenvalue weighted by atomic mass is 16.2. The fourth-order valence-electron chi connectivity index (χ4n) is 2.38. The third-order valence-corrected chi connectivity index (χ3v) is 4.25. The van der Waals surface area contributed by atoms with Crippen LogP contribution in [0.2, 0.25) is 0 Å². The Kier molecular flexibility index (Phi) is 6.65. The number of hydrogen-bond donors (Lipinski definition) is 2. The third-order valence-electron chi connectivity index (χ3n) is 4.25. The molecule has 1 fully saturated rings. The van der Waals surface area contributed by atoms with Crippen molar-refractivity contribution in [2.75, 3.05) is 26.7 Å². The van der Waals surface area contributed by atoms with Gasteiger partial charge in [-0.1, -0.05) is 20.3 Å². The summed E-state index contributed by atoms with van der Waals surface area (Å²) in [7, 11) is 2.17. The summed E-state index contributed by atoms with van der Waals surface area (Å²) in [6, 6.07) is -0.354. The number of likely N-dealkylation sites (tertiary alicyclic amines) is 1. The molecular formula is C14H29N3O. The molecule has 0 spiro atoms. The highest BCUT2D eigenvalue weighted by Gasteiger charge is 2.20. The average molecular weight is 255 g/mol. The van der Waals surface area contributed by atoms with E-state index in [9.17, 15) is 4.79 Å². The molecule has 0 aliphatic carbocycles. The Hall–Kier alpha value is -0.610. The van der Waals surface area contributed by atoms with Gasteiger partial charge in [0.05, 0.1) is 6.04 Å². The molecule has 3 N–H and O–H groups in total. The lowest BCUT2D eigenvalue weighted by molar-refractivity contribution is -0.123. The van der Waals surface area contributed by atoms with Gasteiger partial charge in [-0.25, -0.2) is 0 Å². The van der Waals surface area contributed by atoms with Crippen LogP contribution in [0.1, 0.15) is 39.5 Å². The molecule has 0 aromatic rings. The number of nitrogens with zero attached hydrogens (tertiary/aromatic N) is 1. The highest BCUT2D eigenvalue weighted by Crippen LogP contribution is 2.18. The van der Waals surface area contributed by atoms with Crippen LogP contribution in [0.15, 0.2) is 0 Å². The van der Waals surface area contributed by atoms with Gasteiger partial charge in [-0.2, -0.15) is 0 Å². The number of piperidine rings is 1. The van der Waals surface area contributed by atoms with Crippen LogP contribution in [0, 0.1) is 11.8 Å². The summed E-state index contributed by atoms with van der Waals surface area (Å²) in [5.41, 5.74) is 5.89. The first-order chi connectivity index (χ1) is 8.54. The van der Waals surface area contributed by atoms with E-state index in [0.717, 1.165) is 25.3 Å². The van der Waals surface area contributed by atoms with Crippen LogP contribution in [0.3, 0.4) is 0 Å². The van der Waals surface area contributed by atoms with Crippen LogP contribution in [0.5, 0.6) is 0 Å². The molecule has 18 heavy (non-hydrogen) atoms. The van der Waals surface area contributed by atoms with Crippen molar-refractivity contribution in [1.82, 2.24) is 10.2 Å². The Morgan fingerprint density at radius 1 is 1.44 bits per heavy atom. The molecule has 106 valence electrons. The zero-order chi connectivity index (χ0) is 13.5.